The van der Waals surface area contributed by atoms with Crippen molar-refractivity contribution in [2.45, 2.75) is 6.18 Å². The molecule has 152 valence electrons. The Kier molecular flexibility index (Phi) is 5.56. The maximum absolute atomic E-state index is 13.8. The molecule has 0 aliphatic heterocycles. The Hall–Kier alpha value is -3.01. The Morgan fingerprint density at radius 3 is 2.17 bits per heavy atom. The average molecular weight is 437 g/mol. The number of hydrogen-bond donors (Lipinski definition) is 1. The highest BCUT2D eigenvalue weighted by Gasteiger charge is 2.42. The quantitative estimate of drug-likeness (QED) is 0.216. The molecule has 1 heterocycles. The highest BCUT2D eigenvalue weighted by Crippen LogP contribution is 2.38. The first kappa shape index (κ1) is 20.7. The van der Waals surface area contributed by atoms with Crippen molar-refractivity contribution in [2.24, 2.45) is 5.10 Å². The number of nitrogens with one attached hydrogen (secondary N) is 1. The maximum Gasteiger partial charge on any atom is 0.422 e. The summed E-state index contributed by atoms with van der Waals surface area (Å²) >= 11 is 5.87. The number of halogens is 8. The molecule has 11 heteroatoms. The Morgan fingerprint density at radius 2 is 1.59 bits per heavy atom. The molecule has 0 saturated carbocycles. The summed E-state index contributed by atoms with van der Waals surface area (Å²) in [6.07, 6.45) is -4.72. The fourth-order valence-corrected chi connectivity index (χ4v) is 2.55. The van der Waals surface area contributed by atoms with Crippen LogP contribution in [0.4, 0.5) is 36.4 Å². The van der Waals surface area contributed by atoms with Crippen molar-refractivity contribution in [3.63, 3.8) is 0 Å². The highest BCUT2D eigenvalue weighted by molar-refractivity contribution is 6.30. The van der Waals surface area contributed by atoms with E-state index < -0.39 is 40.7 Å². The van der Waals surface area contributed by atoms with Crippen LogP contribution in [0.25, 0.3) is 11.3 Å². The Balaban J connectivity index is 1.85. The van der Waals surface area contributed by atoms with Gasteiger partial charge < -0.3 is 4.42 Å². The molecule has 0 atom stereocenters. The smallest absolute Gasteiger partial charge is 0.422 e. The molecule has 3 rings (SSSR count). The molecule has 1 aromatic heterocycles. The Labute approximate surface area is 163 Å². The molecule has 0 fully saturated rings. The number of nitrogens with zero attached hydrogens (tertiary/aromatic N) is 1. The lowest BCUT2D eigenvalue weighted by Gasteiger charge is -2.13. The Bertz CT molecular complexity index is 1060. The molecule has 29 heavy (non-hydrogen) atoms. The molecule has 3 aromatic rings. The van der Waals surface area contributed by atoms with E-state index in [4.69, 9.17) is 16.0 Å². The minimum Gasteiger partial charge on any atom is -0.455 e. The van der Waals surface area contributed by atoms with Gasteiger partial charge in [0.25, 0.3) is 0 Å². The van der Waals surface area contributed by atoms with Gasteiger partial charge in [0, 0.05) is 10.6 Å². The second-order valence-electron chi connectivity index (χ2n) is 5.59. The molecule has 0 spiro atoms. The molecule has 3 nitrogen and oxygen atoms in total. The molecule has 0 radical (unpaired) electrons. The highest BCUT2D eigenvalue weighted by atomic mass is 35.5. The van der Waals surface area contributed by atoms with E-state index in [0.29, 0.717) is 16.3 Å². The lowest BCUT2D eigenvalue weighted by atomic mass is 10.1. The van der Waals surface area contributed by atoms with Gasteiger partial charge in [0.1, 0.15) is 22.8 Å². The minimum atomic E-state index is -5.62. The second kappa shape index (κ2) is 7.78. The fourth-order valence-electron chi connectivity index (χ4n) is 2.36. The van der Waals surface area contributed by atoms with Gasteiger partial charge in [-0.15, -0.1) is 0 Å². The first-order valence-corrected chi connectivity index (χ1v) is 8.05. The van der Waals surface area contributed by atoms with Crippen LogP contribution in [0.1, 0.15) is 11.3 Å². The molecule has 1 N–H and O–H groups in total. The van der Waals surface area contributed by atoms with Crippen LogP contribution in [0.2, 0.25) is 5.02 Å². The van der Waals surface area contributed by atoms with E-state index in [1.807, 2.05) is 0 Å². The predicted octanol–water partition coefficient (Wildman–Crippen LogP) is 6.62. The SMILES string of the molecule is Fc1c(F)c(C(F)(F)F)c(F)c(F)c1NN=Cc1ccc(-c2cccc(Cl)c2)o1. The van der Waals surface area contributed by atoms with Gasteiger partial charge in [0.05, 0.1) is 6.21 Å². The van der Waals surface area contributed by atoms with Gasteiger partial charge in [-0.1, -0.05) is 23.7 Å². The first-order valence-electron chi connectivity index (χ1n) is 7.67. The van der Waals surface area contributed by atoms with E-state index in [1.54, 1.807) is 29.7 Å². The third-order valence-corrected chi connectivity index (χ3v) is 3.89. The number of hydrogen-bond acceptors (Lipinski definition) is 3. The predicted molar refractivity (Wildman–Crippen MR) is 91.6 cm³/mol. The molecular formula is C18H8ClF7N2O. The van der Waals surface area contributed by atoms with Crippen molar-refractivity contribution in [3.05, 3.63) is 76.0 Å². The third-order valence-electron chi connectivity index (χ3n) is 3.65. The van der Waals surface area contributed by atoms with Gasteiger partial charge in [-0.2, -0.15) is 18.3 Å². The van der Waals surface area contributed by atoms with Crippen LogP contribution in [0.5, 0.6) is 0 Å². The van der Waals surface area contributed by atoms with E-state index >= 15 is 0 Å². The molecule has 0 unspecified atom stereocenters. The standard InChI is InChI=1S/C18H8ClF7N2O/c19-9-3-1-2-8(6-9)11-5-4-10(29-11)7-27-28-17-15(22)13(20)12(18(24,25)26)14(21)16(17)23/h1-7,28H. The average Bonchev–Trinajstić information content (AvgIpc) is 3.11. The van der Waals surface area contributed by atoms with Crippen molar-refractivity contribution in [1.82, 2.24) is 0 Å². The molecule has 0 aliphatic carbocycles. The Morgan fingerprint density at radius 1 is 0.931 bits per heavy atom. The molecule has 0 amide bonds. The van der Waals surface area contributed by atoms with Crippen molar-refractivity contribution in [3.8, 4) is 11.3 Å². The third kappa shape index (κ3) is 4.21. The summed E-state index contributed by atoms with van der Waals surface area (Å²) < 4.78 is 97.7. The van der Waals surface area contributed by atoms with E-state index in [-0.39, 0.29) is 5.76 Å². The van der Waals surface area contributed by atoms with Gasteiger partial charge >= 0.3 is 6.18 Å². The summed E-state index contributed by atoms with van der Waals surface area (Å²) in [5.74, 6) is -9.27. The molecule has 0 bridgehead atoms. The zero-order valence-electron chi connectivity index (χ0n) is 13.9. The number of rotatable bonds is 4. The van der Waals surface area contributed by atoms with E-state index in [9.17, 15) is 30.7 Å². The van der Waals surface area contributed by atoms with E-state index in [2.05, 4.69) is 5.10 Å². The number of anilines is 1. The minimum absolute atomic E-state index is 0.0705. The van der Waals surface area contributed by atoms with Gasteiger partial charge in [-0.3, -0.25) is 5.43 Å². The van der Waals surface area contributed by atoms with Gasteiger partial charge in [0.2, 0.25) is 0 Å². The van der Waals surface area contributed by atoms with E-state index in [1.165, 1.54) is 12.1 Å². The number of hydrazone groups is 1. The van der Waals surface area contributed by atoms with Crippen LogP contribution in [-0.4, -0.2) is 6.21 Å². The van der Waals surface area contributed by atoms with Crippen molar-refractivity contribution in [1.29, 1.82) is 0 Å². The summed E-state index contributed by atoms with van der Waals surface area (Å²) in [7, 11) is 0. The fraction of sp³-hybridized carbons (Fsp3) is 0.0556. The van der Waals surface area contributed by atoms with Gasteiger partial charge in [-0.05, 0) is 24.3 Å². The van der Waals surface area contributed by atoms with Crippen LogP contribution in [0.15, 0.2) is 45.9 Å². The zero-order chi connectivity index (χ0) is 21.3. The first-order chi connectivity index (χ1) is 13.6. The lowest BCUT2D eigenvalue weighted by molar-refractivity contribution is -0.143. The monoisotopic (exact) mass is 436 g/mol. The number of alkyl halides is 3. The molecule has 0 saturated heterocycles. The summed E-state index contributed by atoms with van der Waals surface area (Å²) in [5.41, 5.74) is -1.93. The normalized spacial score (nSPS) is 12.0. The summed E-state index contributed by atoms with van der Waals surface area (Å²) in [6, 6.07) is 9.58. The van der Waals surface area contributed by atoms with Crippen LogP contribution >= 0.6 is 11.6 Å². The summed E-state index contributed by atoms with van der Waals surface area (Å²) in [6.45, 7) is 0. The van der Waals surface area contributed by atoms with Gasteiger partial charge in [0.15, 0.2) is 23.3 Å². The maximum atomic E-state index is 13.8. The van der Waals surface area contributed by atoms with E-state index in [0.717, 1.165) is 6.21 Å². The lowest BCUT2D eigenvalue weighted by Crippen LogP contribution is -2.16. The molecular weight excluding hydrogens is 429 g/mol. The van der Waals surface area contributed by atoms with Crippen molar-refractivity contribution < 1.29 is 35.2 Å². The van der Waals surface area contributed by atoms with Crippen LogP contribution in [-0.2, 0) is 6.18 Å². The van der Waals surface area contributed by atoms with Gasteiger partial charge in [-0.25, -0.2) is 17.6 Å². The summed E-state index contributed by atoms with van der Waals surface area (Å²) in [4.78, 5) is 0. The largest absolute Gasteiger partial charge is 0.455 e. The number of benzene rings is 2. The van der Waals surface area contributed by atoms with Crippen LogP contribution < -0.4 is 5.43 Å². The topological polar surface area (TPSA) is 37.5 Å². The number of furan rings is 1. The second-order valence-corrected chi connectivity index (χ2v) is 6.02. The van der Waals surface area contributed by atoms with Crippen LogP contribution in [0.3, 0.4) is 0 Å². The molecule has 0 aliphatic rings. The molecule has 2 aromatic carbocycles. The van der Waals surface area contributed by atoms with Crippen molar-refractivity contribution in [2.75, 3.05) is 5.43 Å². The summed E-state index contributed by atoms with van der Waals surface area (Å²) in [5, 5.41) is 3.79. The van der Waals surface area contributed by atoms with Crippen molar-refractivity contribution >= 4 is 23.5 Å². The zero-order valence-corrected chi connectivity index (χ0v) is 14.7. The van der Waals surface area contributed by atoms with Crippen LogP contribution in [0, 0.1) is 23.3 Å².